The number of aliphatic hydroxyl groups is 1. The van der Waals surface area contributed by atoms with E-state index in [1.165, 1.54) is 26.4 Å². The normalized spacial score (nSPS) is 11.8. The van der Waals surface area contributed by atoms with Crippen molar-refractivity contribution in [3.63, 3.8) is 0 Å². The molecule has 1 nitrogen and oxygen atoms in total. The van der Waals surface area contributed by atoms with E-state index < -0.39 is 30.3 Å². The fourth-order valence-electron chi connectivity index (χ4n) is 6.48. The number of hydrogen-bond donors (Lipinski definition) is 1. The molecule has 0 aliphatic carbocycles. The molecule has 0 bridgehead atoms. The van der Waals surface area contributed by atoms with Gasteiger partial charge in [-0.05, 0) is 0 Å². The Morgan fingerprint density at radius 2 is 0.425 bits per heavy atom. The topological polar surface area (TPSA) is 20.2 Å². The molecule has 0 aromatic heterocycles. The molecular weight excluding hydrogens is 606 g/mol. The molecule has 6 rings (SSSR count). The number of hydrogen-bond acceptors (Lipinski definition) is 1. The van der Waals surface area contributed by atoms with Gasteiger partial charge in [-0.2, -0.15) is 0 Å². The molecule has 0 saturated heterocycles. The third-order valence-corrected chi connectivity index (χ3v) is 36.7. The molecule has 1 N–H and O–H groups in total. The first-order chi connectivity index (χ1) is 19.8. The van der Waals surface area contributed by atoms with E-state index in [0.29, 0.717) is 0 Å². The first-order valence-corrected chi connectivity index (χ1v) is 22.5. The number of aliphatic hydroxyl groups excluding tert-OH is 1. The Hall–Kier alpha value is -3.63. The van der Waals surface area contributed by atoms with Crippen LogP contribution in [0.25, 0.3) is 0 Å². The zero-order valence-electron chi connectivity index (χ0n) is 22.3. The SMILES string of the molecule is O[CH]([Ge]([c]1ccccc1)([c]1ccccc1)[c]1ccccc1)[Ge]([c]1ccccc1)([c]1ccccc1)[c]1ccccc1. The van der Waals surface area contributed by atoms with Crippen LogP contribution >= 0.6 is 0 Å². The molecule has 0 atom stereocenters. The van der Waals surface area contributed by atoms with Crippen LogP contribution in [0.5, 0.6) is 0 Å². The van der Waals surface area contributed by atoms with Crippen LogP contribution in [0.15, 0.2) is 182 Å². The average Bonchev–Trinajstić information content (AvgIpc) is 3.05. The van der Waals surface area contributed by atoms with Gasteiger partial charge in [-0.15, -0.1) is 0 Å². The Labute approximate surface area is 242 Å². The van der Waals surface area contributed by atoms with Crippen LogP contribution in [0.3, 0.4) is 0 Å². The second-order valence-corrected chi connectivity index (χ2v) is 29.1. The minimum absolute atomic E-state index is 0.570. The van der Waals surface area contributed by atoms with Crippen LogP contribution in [-0.2, 0) is 0 Å². The Kier molecular flexibility index (Phi) is 7.88. The van der Waals surface area contributed by atoms with Gasteiger partial charge in [0, 0.05) is 0 Å². The molecule has 0 amide bonds. The Bertz CT molecular complexity index is 1310. The van der Waals surface area contributed by atoms with Gasteiger partial charge in [-0.25, -0.2) is 0 Å². The molecule has 0 spiro atoms. The standard InChI is InChI=1S/C37H32Ge2O/c40-37(38(31-19-7-1-8-20-31,32-21-9-2-10-22-32)33-23-11-3-12-24-33)39(34-25-13-4-14-26-34,35-27-15-5-16-28-35)36-29-17-6-18-30-36/h1-30,37,40H. The summed E-state index contributed by atoms with van der Waals surface area (Å²) in [4.78, 5) is 0. The molecule has 0 heterocycles. The summed E-state index contributed by atoms with van der Waals surface area (Å²) in [6, 6.07) is 65.2. The molecule has 0 saturated carbocycles. The molecular formula is C37H32Ge2O. The number of rotatable bonds is 8. The van der Waals surface area contributed by atoms with E-state index in [-0.39, 0.29) is 0 Å². The summed E-state index contributed by atoms with van der Waals surface area (Å²) in [5.74, 6) is 0. The summed E-state index contributed by atoms with van der Waals surface area (Å²) < 4.78 is 7.04. The number of benzene rings is 6. The van der Waals surface area contributed by atoms with Gasteiger partial charge in [0.25, 0.3) is 0 Å². The van der Waals surface area contributed by atoms with E-state index in [1.807, 2.05) is 0 Å². The zero-order valence-corrected chi connectivity index (χ0v) is 26.5. The van der Waals surface area contributed by atoms with E-state index in [0.717, 1.165) is 0 Å². The van der Waals surface area contributed by atoms with Crippen molar-refractivity contribution in [2.75, 3.05) is 0 Å². The van der Waals surface area contributed by atoms with Gasteiger partial charge in [0.05, 0.1) is 0 Å². The van der Waals surface area contributed by atoms with Gasteiger partial charge in [0.2, 0.25) is 0 Å². The predicted molar refractivity (Wildman–Crippen MR) is 174 cm³/mol. The van der Waals surface area contributed by atoms with E-state index in [2.05, 4.69) is 182 Å². The van der Waals surface area contributed by atoms with Gasteiger partial charge in [-0.3, -0.25) is 0 Å². The van der Waals surface area contributed by atoms with Crippen molar-refractivity contribution in [1.82, 2.24) is 0 Å². The maximum atomic E-state index is 13.8. The third-order valence-electron chi connectivity index (χ3n) is 8.20. The summed E-state index contributed by atoms with van der Waals surface area (Å²) in [7, 11) is 0. The first kappa shape index (κ1) is 26.6. The second kappa shape index (κ2) is 11.9. The Morgan fingerprint density at radius 1 is 0.275 bits per heavy atom. The van der Waals surface area contributed by atoms with Gasteiger partial charge in [0.15, 0.2) is 0 Å². The molecule has 6 aromatic rings. The van der Waals surface area contributed by atoms with E-state index >= 15 is 0 Å². The average molecular weight is 638 g/mol. The van der Waals surface area contributed by atoms with Crippen LogP contribution in [0, 0.1) is 0 Å². The fraction of sp³-hybridized carbons (Fsp3) is 0.0270. The monoisotopic (exact) mass is 640 g/mol. The molecule has 194 valence electrons. The minimum atomic E-state index is -3.86. The summed E-state index contributed by atoms with van der Waals surface area (Å²) >= 11 is -7.72. The fourth-order valence-corrected chi connectivity index (χ4v) is 43.0. The van der Waals surface area contributed by atoms with E-state index in [1.54, 1.807) is 0 Å². The summed E-state index contributed by atoms with van der Waals surface area (Å²) in [5, 5.41) is 13.8. The summed E-state index contributed by atoms with van der Waals surface area (Å²) in [6.07, 6.45) is 0. The quantitative estimate of drug-likeness (QED) is 0.252. The van der Waals surface area contributed by atoms with Crippen LogP contribution in [0.2, 0.25) is 0 Å². The maximum absolute atomic E-state index is 13.8. The van der Waals surface area contributed by atoms with Crippen LogP contribution < -0.4 is 26.4 Å². The molecule has 0 fully saturated rings. The zero-order chi connectivity index (χ0) is 27.3. The van der Waals surface area contributed by atoms with Crippen LogP contribution in [-0.4, -0.2) is 35.4 Å². The van der Waals surface area contributed by atoms with Crippen LogP contribution in [0.1, 0.15) is 0 Å². The molecule has 0 unspecified atom stereocenters. The van der Waals surface area contributed by atoms with Gasteiger partial charge in [0.1, 0.15) is 0 Å². The predicted octanol–water partition coefficient (Wildman–Crippen LogP) is 3.77. The molecule has 0 aliphatic heterocycles. The van der Waals surface area contributed by atoms with Crippen molar-refractivity contribution in [3.8, 4) is 0 Å². The third kappa shape index (κ3) is 4.48. The van der Waals surface area contributed by atoms with Gasteiger partial charge < -0.3 is 0 Å². The van der Waals surface area contributed by atoms with E-state index in [9.17, 15) is 5.11 Å². The van der Waals surface area contributed by atoms with Gasteiger partial charge >= 0.3 is 244 Å². The van der Waals surface area contributed by atoms with Crippen molar-refractivity contribution in [1.29, 1.82) is 0 Å². The first-order valence-electron chi connectivity index (χ1n) is 13.8. The summed E-state index contributed by atoms with van der Waals surface area (Å²) in [5.41, 5.74) is 0. The van der Waals surface area contributed by atoms with Crippen molar-refractivity contribution < 1.29 is 5.11 Å². The van der Waals surface area contributed by atoms with Crippen molar-refractivity contribution in [2.45, 2.75) is 3.77 Å². The molecule has 0 radical (unpaired) electrons. The van der Waals surface area contributed by atoms with E-state index in [4.69, 9.17) is 0 Å². The second-order valence-electron chi connectivity index (χ2n) is 10.2. The van der Waals surface area contributed by atoms with Crippen molar-refractivity contribution >= 4 is 52.9 Å². The molecule has 40 heavy (non-hydrogen) atoms. The van der Waals surface area contributed by atoms with Gasteiger partial charge in [-0.1, -0.05) is 0 Å². The Balaban J connectivity index is 1.81. The van der Waals surface area contributed by atoms with Crippen molar-refractivity contribution in [3.05, 3.63) is 182 Å². The molecule has 3 heteroatoms. The Morgan fingerprint density at radius 3 is 0.575 bits per heavy atom. The van der Waals surface area contributed by atoms with Crippen molar-refractivity contribution in [2.24, 2.45) is 0 Å². The molecule has 0 aliphatic rings. The summed E-state index contributed by atoms with van der Waals surface area (Å²) in [6.45, 7) is 0. The molecule has 6 aromatic carbocycles. The van der Waals surface area contributed by atoms with Crippen LogP contribution in [0.4, 0.5) is 0 Å².